The van der Waals surface area contributed by atoms with Crippen molar-refractivity contribution in [1.82, 2.24) is 10.6 Å². The lowest BCUT2D eigenvalue weighted by atomic mass is 10.2. The van der Waals surface area contributed by atoms with Gasteiger partial charge in [0.2, 0.25) is 0 Å². The summed E-state index contributed by atoms with van der Waals surface area (Å²) in [5, 5.41) is 6.07. The number of aliphatic imine (C=N–C) groups is 1. The van der Waals surface area contributed by atoms with E-state index in [9.17, 15) is 8.78 Å². The molecule has 2 N–H and O–H groups in total. The summed E-state index contributed by atoms with van der Waals surface area (Å²) in [6.07, 6.45) is 1.92. The fourth-order valence-corrected chi connectivity index (χ4v) is 1.76. The van der Waals surface area contributed by atoms with Gasteiger partial charge in [0, 0.05) is 38.9 Å². The molecule has 0 aliphatic heterocycles. The zero-order chi connectivity index (χ0) is 15.5. The molecule has 0 aliphatic rings. The van der Waals surface area contributed by atoms with E-state index < -0.39 is 11.6 Å². The van der Waals surface area contributed by atoms with E-state index in [4.69, 9.17) is 4.74 Å². The number of nitrogens with zero attached hydrogens (tertiary/aromatic N) is 1. The van der Waals surface area contributed by atoms with Crippen molar-refractivity contribution >= 4 is 29.9 Å². The fourth-order valence-electron chi connectivity index (χ4n) is 1.76. The molecule has 0 saturated carbocycles. The van der Waals surface area contributed by atoms with Crippen LogP contribution in [0.2, 0.25) is 0 Å². The highest BCUT2D eigenvalue weighted by Gasteiger charge is 2.05. The summed E-state index contributed by atoms with van der Waals surface area (Å²) in [6.45, 7) is 4.38. The number of guanidine groups is 1. The van der Waals surface area contributed by atoms with Crippen molar-refractivity contribution in [2.75, 3.05) is 26.8 Å². The van der Waals surface area contributed by atoms with Crippen molar-refractivity contribution in [2.24, 2.45) is 4.99 Å². The Morgan fingerprint density at radius 1 is 1.23 bits per heavy atom. The number of nitrogens with one attached hydrogen (secondary N) is 2. The highest BCUT2D eigenvalue weighted by molar-refractivity contribution is 14.0. The molecule has 0 saturated heterocycles. The average molecular weight is 427 g/mol. The molecule has 0 atom stereocenters. The molecule has 0 spiro atoms. The summed E-state index contributed by atoms with van der Waals surface area (Å²) in [4.78, 5) is 4.04. The Morgan fingerprint density at radius 2 is 2.00 bits per heavy atom. The van der Waals surface area contributed by atoms with E-state index in [-0.39, 0.29) is 36.1 Å². The molecule has 0 heterocycles. The van der Waals surface area contributed by atoms with Gasteiger partial charge in [-0.25, -0.2) is 8.78 Å². The van der Waals surface area contributed by atoms with Crippen LogP contribution in [0.4, 0.5) is 8.78 Å². The van der Waals surface area contributed by atoms with Gasteiger partial charge in [0.05, 0.1) is 0 Å². The van der Waals surface area contributed by atoms with Gasteiger partial charge < -0.3 is 15.4 Å². The summed E-state index contributed by atoms with van der Waals surface area (Å²) in [7, 11) is 1.64. The van der Waals surface area contributed by atoms with Crippen LogP contribution < -0.4 is 10.6 Å². The maximum absolute atomic E-state index is 13.5. The zero-order valence-electron chi connectivity index (χ0n) is 13.0. The molecule has 0 radical (unpaired) electrons. The predicted octanol–water partition coefficient (Wildman–Crippen LogP) is 3.06. The third-order valence-electron chi connectivity index (χ3n) is 2.89. The highest BCUT2D eigenvalue weighted by atomic mass is 127. The molecule has 0 bridgehead atoms. The molecule has 126 valence electrons. The standard InChI is InChI=1S/C15H23F2N3O.HI/c1-3-21-9-5-4-8-19-15(18-2)20-11-12-10-13(16)6-7-14(12)17;/h6-7,10H,3-5,8-9,11H2,1-2H3,(H2,18,19,20);1H. The molecule has 0 fully saturated rings. The Bertz CT molecular complexity index is 458. The SMILES string of the molecule is CCOCCCCNC(=NC)NCc1cc(F)ccc1F.I. The van der Waals surface area contributed by atoms with E-state index in [2.05, 4.69) is 15.6 Å². The Hall–Kier alpha value is -0.960. The molecule has 0 aliphatic carbocycles. The van der Waals surface area contributed by atoms with Gasteiger partial charge in [-0.3, -0.25) is 4.99 Å². The van der Waals surface area contributed by atoms with Gasteiger partial charge in [0.15, 0.2) is 5.96 Å². The summed E-state index contributed by atoms with van der Waals surface area (Å²) in [5.41, 5.74) is 0.272. The van der Waals surface area contributed by atoms with Crippen LogP contribution in [0, 0.1) is 11.6 Å². The van der Waals surface area contributed by atoms with E-state index in [1.165, 1.54) is 6.07 Å². The molecule has 22 heavy (non-hydrogen) atoms. The normalized spacial score (nSPS) is 11.0. The molecular formula is C15H24F2IN3O. The van der Waals surface area contributed by atoms with Crippen molar-refractivity contribution < 1.29 is 13.5 Å². The van der Waals surface area contributed by atoms with Gasteiger partial charge in [-0.2, -0.15) is 0 Å². The van der Waals surface area contributed by atoms with E-state index in [0.717, 1.165) is 44.7 Å². The maximum Gasteiger partial charge on any atom is 0.191 e. The van der Waals surface area contributed by atoms with Gasteiger partial charge in [-0.1, -0.05) is 0 Å². The van der Waals surface area contributed by atoms with Crippen molar-refractivity contribution in [3.05, 3.63) is 35.4 Å². The molecular weight excluding hydrogens is 403 g/mol. The monoisotopic (exact) mass is 427 g/mol. The Balaban J connectivity index is 0.00000441. The number of rotatable bonds is 8. The van der Waals surface area contributed by atoms with Gasteiger partial charge in [-0.15, -0.1) is 24.0 Å². The summed E-state index contributed by atoms with van der Waals surface area (Å²) >= 11 is 0. The summed E-state index contributed by atoms with van der Waals surface area (Å²) in [5.74, 6) is -0.321. The maximum atomic E-state index is 13.5. The van der Waals surface area contributed by atoms with Crippen LogP contribution in [0.1, 0.15) is 25.3 Å². The van der Waals surface area contributed by atoms with Crippen LogP contribution in [-0.2, 0) is 11.3 Å². The first kappa shape index (κ1) is 21.0. The van der Waals surface area contributed by atoms with Crippen LogP contribution in [-0.4, -0.2) is 32.8 Å². The molecule has 1 rings (SSSR count). The molecule has 1 aromatic rings. The van der Waals surface area contributed by atoms with E-state index in [1.807, 2.05) is 6.92 Å². The first-order chi connectivity index (χ1) is 10.2. The van der Waals surface area contributed by atoms with E-state index in [1.54, 1.807) is 7.05 Å². The molecule has 0 amide bonds. The van der Waals surface area contributed by atoms with Crippen molar-refractivity contribution in [1.29, 1.82) is 0 Å². The van der Waals surface area contributed by atoms with Crippen molar-refractivity contribution in [2.45, 2.75) is 26.3 Å². The Kier molecular flexibility index (Phi) is 12.0. The van der Waals surface area contributed by atoms with Crippen LogP contribution in [0.15, 0.2) is 23.2 Å². The van der Waals surface area contributed by atoms with E-state index >= 15 is 0 Å². The number of hydrogen-bond donors (Lipinski definition) is 2. The topological polar surface area (TPSA) is 45.6 Å². The minimum Gasteiger partial charge on any atom is -0.382 e. The summed E-state index contributed by atoms with van der Waals surface area (Å²) < 4.78 is 31.8. The molecule has 0 aromatic heterocycles. The second kappa shape index (κ2) is 12.6. The first-order valence-electron chi connectivity index (χ1n) is 7.13. The lowest BCUT2D eigenvalue weighted by molar-refractivity contribution is 0.143. The fraction of sp³-hybridized carbons (Fsp3) is 0.533. The first-order valence-corrected chi connectivity index (χ1v) is 7.13. The van der Waals surface area contributed by atoms with Crippen LogP contribution >= 0.6 is 24.0 Å². The molecule has 4 nitrogen and oxygen atoms in total. The number of halogens is 3. The third-order valence-corrected chi connectivity index (χ3v) is 2.89. The second-order valence-corrected chi connectivity index (χ2v) is 4.49. The largest absolute Gasteiger partial charge is 0.382 e. The van der Waals surface area contributed by atoms with Gasteiger partial charge in [0.1, 0.15) is 11.6 Å². The number of ether oxygens (including phenoxy) is 1. The predicted molar refractivity (Wildman–Crippen MR) is 95.7 cm³/mol. The second-order valence-electron chi connectivity index (χ2n) is 4.49. The number of unbranched alkanes of at least 4 members (excludes halogenated alkanes) is 1. The molecule has 0 unspecified atom stereocenters. The molecule has 1 aromatic carbocycles. The number of benzene rings is 1. The minimum absolute atomic E-state index is 0. The number of hydrogen-bond acceptors (Lipinski definition) is 2. The lowest BCUT2D eigenvalue weighted by Crippen LogP contribution is -2.37. The van der Waals surface area contributed by atoms with Crippen LogP contribution in [0.5, 0.6) is 0 Å². The Labute approximate surface area is 147 Å². The van der Waals surface area contributed by atoms with Crippen molar-refractivity contribution in [3.8, 4) is 0 Å². The third kappa shape index (κ3) is 8.47. The van der Waals surface area contributed by atoms with Gasteiger partial charge in [0.25, 0.3) is 0 Å². The smallest absolute Gasteiger partial charge is 0.191 e. The minimum atomic E-state index is -0.452. The van der Waals surface area contributed by atoms with Gasteiger partial charge >= 0.3 is 0 Å². The Morgan fingerprint density at radius 3 is 2.68 bits per heavy atom. The van der Waals surface area contributed by atoms with Crippen LogP contribution in [0.25, 0.3) is 0 Å². The molecule has 7 heteroatoms. The average Bonchev–Trinajstić information content (AvgIpc) is 2.49. The van der Waals surface area contributed by atoms with Gasteiger partial charge in [-0.05, 0) is 38.0 Å². The van der Waals surface area contributed by atoms with Crippen LogP contribution in [0.3, 0.4) is 0 Å². The summed E-state index contributed by atoms with van der Waals surface area (Å²) in [6, 6.07) is 3.40. The quantitative estimate of drug-likeness (QED) is 0.290. The van der Waals surface area contributed by atoms with Crippen molar-refractivity contribution in [3.63, 3.8) is 0 Å². The van der Waals surface area contributed by atoms with E-state index in [0.29, 0.717) is 5.96 Å². The highest BCUT2D eigenvalue weighted by Crippen LogP contribution is 2.08. The lowest BCUT2D eigenvalue weighted by Gasteiger charge is -2.12. The zero-order valence-corrected chi connectivity index (χ0v) is 15.3.